The van der Waals surface area contributed by atoms with Crippen LogP contribution in [0.4, 0.5) is 0 Å². The number of ether oxygens (including phenoxy) is 6. The van der Waals surface area contributed by atoms with Gasteiger partial charge in [0, 0.05) is 0 Å². The number of benzene rings is 4. The average Bonchev–Trinajstić information content (AvgIpc) is 3.14. The molecule has 4 aromatic rings. The van der Waals surface area contributed by atoms with Crippen LogP contribution in [0, 0.1) is 68.8 Å². The smallest absolute Gasteiger partial charge is 0.377 e. The molecular weight excluding hydrogens is 826 g/mol. The van der Waals surface area contributed by atoms with Gasteiger partial charge in [0.05, 0.1) is 89.5 Å². The maximum Gasteiger partial charge on any atom is 3.00 e. The Bertz CT molecular complexity index is 1190. The number of hydrogen-bond acceptors (Lipinski definition) is 12. The maximum absolute atomic E-state index is 8.25. The molecule has 5 rings (SSSR count). The minimum absolute atomic E-state index is 0. The topological polar surface area (TPSA) is 188 Å². The molecule has 1 saturated heterocycles. The van der Waals surface area contributed by atoms with Gasteiger partial charge in [0.1, 0.15) is 6.15 Å². The molecule has 283 valence electrons. The van der Waals surface area contributed by atoms with E-state index in [-0.39, 0.29) is 38.2 Å². The Morgan fingerprint density at radius 1 is 0.346 bits per heavy atom. The molecule has 1 radical (unpaired) electrons. The molecule has 0 aromatic heterocycles. The fourth-order valence-electron chi connectivity index (χ4n) is 5.44. The van der Waals surface area contributed by atoms with Crippen LogP contribution in [-0.4, -0.2) is 95.6 Å². The number of rotatable bonds is 4. The van der Waals surface area contributed by atoms with Crippen molar-refractivity contribution in [3.05, 3.63) is 152 Å². The van der Waals surface area contributed by atoms with E-state index < -0.39 is 16.3 Å². The first-order valence-electron chi connectivity index (χ1n) is 16.4. The van der Waals surface area contributed by atoms with Gasteiger partial charge in [-0.25, -0.2) is 0 Å². The zero-order chi connectivity index (χ0) is 36.8. The minimum Gasteiger partial charge on any atom is -0.377 e. The SMILES string of the molecule is C1COCCOCCOCCOCCOCCO1.O=[N+]([O-])[O-].O=[N+]([O-])[O-].[Dy+3].c1ccc([B-](c2ccccc2)(c2ccccc2)c2ccccc2)cc1. The van der Waals surface area contributed by atoms with Crippen molar-refractivity contribution < 1.29 is 76.8 Å². The molecule has 0 atom stereocenters. The number of hydrogen-bond donors (Lipinski definition) is 0. The molecule has 0 amide bonds. The van der Waals surface area contributed by atoms with Crippen LogP contribution in [0.5, 0.6) is 0 Å². The van der Waals surface area contributed by atoms with Gasteiger partial charge in [-0.2, -0.15) is 21.9 Å². The molecule has 1 fully saturated rings. The van der Waals surface area contributed by atoms with Crippen LogP contribution in [0.25, 0.3) is 0 Å². The van der Waals surface area contributed by atoms with E-state index in [2.05, 4.69) is 121 Å². The largest absolute Gasteiger partial charge is 3.00 e. The van der Waals surface area contributed by atoms with E-state index in [1.165, 1.54) is 21.9 Å². The first-order valence-corrected chi connectivity index (χ1v) is 16.4. The Hall–Kier alpha value is -3.62. The quantitative estimate of drug-likeness (QED) is 0.166. The minimum atomic E-state index is -1.75. The van der Waals surface area contributed by atoms with Gasteiger partial charge in [0.15, 0.2) is 0 Å². The summed E-state index contributed by atoms with van der Waals surface area (Å²) in [5, 5.41) is 29.5. The Kier molecular flexibility index (Phi) is 26.7. The van der Waals surface area contributed by atoms with E-state index >= 15 is 0 Å². The third-order valence-electron chi connectivity index (χ3n) is 7.43. The van der Waals surface area contributed by atoms with Crippen LogP contribution in [0.3, 0.4) is 0 Å². The standard InChI is InChI=1S/C24H20B.C12H24O6.Dy.2NO3/c1-5-13-21(14-6-1)25(22-15-7-2-8-16-22,23-17-9-3-10-18-23)24-19-11-4-12-20-24;1-2-14-5-6-16-9-10-18-12-11-17-8-7-15-4-3-13-1;;2*2-1(3)4/h1-20H;1-12H2;;;/q-1;;+3;2*-1. The van der Waals surface area contributed by atoms with Gasteiger partial charge in [-0.05, 0) is 0 Å². The molecule has 16 heteroatoms. The second-order valence-electron chi connectivity index (χ2n) is 10.6. The van der Waals surface area contributed by atoms with Gasteiger partial charge in [-0.1, -0.05) is 121 Å². The average molecular weight is 870 g/mol. The summed E-state index contributed by atoms with van der Waals surface area (Å²) in [5.41, 5.74) is 5.36. The third-order valence-corrected chi connectivity index (χ3v) is 7.43. The molecule has 4 aromatic carbocycles. The van der Waals surface area contributed by atoms with Crippen LogP contribution in [0.1, 0.15) is 0 Å². The van der Waals surface area contributed by atoms with Gasteiger partial charge in [-0.15, -0.1) is 0 Å². The summed E-state index contributed by atoms with van der Waals surface area (Å²) in [6.07, 6.45) is -1.22. The Labute approximate surface area is 334 Å². The van der Waals surface area contributed by atoms with Crippen molar-refractivity contribution >= 4 is 28.0 Å². The second kappa shape index (κ2) is 29.9. The third kappa shape index (κ3) is 19.3. The Balaban J connectivity index is 0.000000440. The molecule has 0 saturated carbocycles. The molecule has 1 aliphatic rings. The molecule has 0 aliphatic carbocycles. The summed E-state index contributed by atoms with van der Waals surface area (Å²) in [5.74, 6) is 0. The summed E-state index contributed by atoms with van der Waals surface area (Å²) in [4.78, 5) is 16.5. The van der Waals surface area contributed by atoms with E-state index in [1.54, 1.807) is 0 Å². The predicted octanol–water partition coefficient (Wildman–Crippen LogP) is 2.69. The van der Waals surface area contributed by atoms with Crippen LogP contribution in [-0.2, 0) is 28.4 Å². The van der Waals surface area contributed by atoms with E-state index in [4.69, 9.17) is 59.1 Å². The van der Waals surface area contributed by atoms with Crippen LogP contribution in [0.2, 0.25) is 0 Å². The van der Waals surface area contributed by atoms with Gasteiger partial charge < -0.3 is 59.1 Å². The number of nitrogens with zero attached hydrogens (tertiary/aromatic N) is 2. The molecule has 0 N–H and O–H groups in total. The monoisotopic (exact) mass is 871 g/mol. The molecule has 0 spiro atoms. The van der Waals surface area contributed by atoms with Crippen molar-refractivity contribution in [1.29, 1.82) is 0 Å². The first kappa shape index (κ1) is 46.4. The van der Waals surface area contributed by atoms with Gasteiger partial charge in [0.2, 0.25) is 0 Å². The molecular formula is C36H44BDyN2O12. The summed E-state index contributed by atoms with van der Waals surface area (Å²) in [6.45, 7) is 7.04. The molecule has 0 unspecified atom stereocenters. The van der Waals surface area contributed by atoms with Crippen molar-refractivity contribution in [2.75, 3.05) is 79.3 Å². The molecule has 1 aliphatic heterocycles. The van der Waals surface area contributed by atoms with Crippen molar-refractivity contribution in [2.45, 2.75) is 0 Å². The van der Waals surface area contributed by atoms with Gasteiger partial charge in [0.25, 0.3) is 0 Å². The fraction of sp³-hybridized carbons (Fsp3) is 0.333. The molecule has 14 nitrogen and oxygen atoms in total. The summed E-state index contributed by atoms with van der Waals surface area (Å²) in [6, 6.07) is 43.5. The van der Waals surface area contributed by atoms with Crippen LogP contribution in [0.15, 0.2) is 121 Å². The Morgan fingerprint density at radius 3 is 0.615 bits per heavy atom. The van der Waals surface area contributed by atoms with E-state index in [0.29, 0.717) is 79.3 Å². The second-order valence-corrected chi connectivity index (χ2v) is 10.6. The van der Waals surface area contributed by atoms with E-state index in [0.717, 1.165) is 0 Å². The van der Waals surface area contributed by atoms with Crippen molar-refractivity contribution in [1.82, 2.24) is 0 Å². The Morgan fingerprint density at radius 2 is 0.481 bits per heavy atom. The molecule has 1 heterocycles. The normalized spacial score (nSPS) is 14.6. The van der Waals surface area contributed by atoms with Crippen LogP contribution < -0.4 is 21.9 Å². The molecule has 52 heavy (non-hydrogen) atoms. The van der Waals surface area contributed by atoms with E-state index in [1.807, 2.05) is 0 Å². The summed E-state index contributed by atoms with van der Waals surface area (Å²) >= 11 is 0. The fourth-order valence-corrected chi connectivity index (χ4v) is 5.44. The first-order chi connectivity index (χ1) is 24.9. The van der Waals surface area contributed by atoms with Gasteiger partial charge >= 0.3 is 38.2 Å². The summed E-state index contributed by atoms with van der Waals surface area (Å²) < 4.78 is 32.0. The molecule has 0 bridgehead atoms. The zero-order valence-corrected chi connectivity index (χ0v) is 30.7. The van der Waals surface area contributed by atoms with Crippen molar-refractivity contribution in [3.63, 3.8) is 0 Å². The van der Waals surface area contributed by atoms with E-state index in [9.17, 15) is 0 Å². The van der Waals surface area contributed by atoms with Crippen LogP contribution >= 0.6 is 0 Å². The summed E-state index contributed by atoms with van der Waals surface area (Å²) in [7, 11) is 0. The maximum atomic E-state index is 8.25. The van der Waals surface area contributed by atoms with Crippen molar-refractivity contribution in [2.24, 2.45) is 0 Å². The van der Waals surface area contributed by atoms with Crippen molar-refractivity contribution in [3.8, 4) is 0 Å². The zero-order valence-electron chi connectivity index (χ0n) is 28.7. The van der Waals surface area contributed by atoms with Gasteiger partial charge in [-0.3, -0.25) is 0 Å². The predicted molar refractivity (Wildman–Crippen MR) is 196 cm³/mol.